The number of hydrogen-bond acceptors (Lipinski definition) is 5. The van der Waals surface area contributed by atoms with Crippen LogP contribution in [0.2, 0.25) is 0 Å². The van der Waals surface area contributed by atoms with Crippen LogP contribution in [0.4, 0.5) is 9.18 Å². The van der Waals surface area contributed by atoms with E-state index in [-0.39, 0.29) is 30.9 Å². The summed E-state index contributed by atoms with van der Waals surface area (Å²) in [6, 6.07) is 12.3. The minimum Gasteiger partial charge on any atom is -0.463 e. The molecule has 2 aliphatic heterocycles. The van der Waals surface area contributed by atoms with Crippen molar-refractivity contribution in [3.05, 3.63) is 95.0 Å². The quantitative estimate of drug-likeness (QED) is 0.408. The second-order valence-corrected chi connectivity index (χ2v) is 9.71. The molecule has 2 aromatic carbocycles. The summed E-state index contributed by atoms with van der Waals surface area (Å²) in [5, 5.41) is 2.99. The topological polar surface area (TPSA) is 82.2 Å². The average molecular weight is 535 g/mol. The molecule has 206 valence electrons. The van der Waals surface area contributed by atoms with E-state index in [9.17, 15) is 18.8 Å². The van der Waals surface area contributed by atoms with E-state index in [2.05, 4.69) is 16.8 Å². The van der Waals surface area contributed by atoms with Crippen LogP contribution in [0.25, 0.3) is 0 Å². The van der Waals surface area contributed by atoms with Crippen LogP contribution in [-0.2, 0) is 9.53 Å². The highest BCUT2D eigenvalue weighted by Crippen LogP contribution is 2.32. The molecule has 0 bridgehead atoms. The van der Waals surface area contributed by atoms with Crippen molar-refractivity contribution in [1.29, 1.82) is 0 Å². The Hall–Kier alpha value is -3.98. The molecule has 0 radical (unpaired) electrons. The summed E-state index contributed by atoms with van der Waals surface area (Å²) in [5.74, 6) is -1.01. The number of ether oxygens (including phenoxy) is 1. The van der Waals surface area contributed by atoms with Crippen molar-refractivity contribution in [1.82, 2.24) is 20.0 Å². The van der Waals surface area contributed by atoms with Crippen molar-refractivity contribution in [2.45, 2.75) is 26.3 Å². The van der Waals surface area contributed by atoms with Gasteiger partial charge in [0.25, 0.3) is 5.91 Å². The molecule has 0 aromatic heterocycles. The number of esters is 1. The van der Waals surface area contributed by atoms with Gasteiger partial charge in [-0.25, -0.2) is 14.0 Å². The van der Waals surface area contributed by atoms with Crippen molar-refractivity contribution in [3.8, 4) is 0 Å². The normalized spacial score (nSPS) is 18.4. The number of nitrogens with zero attached hydrogens (tertiary/aromatic N) is 3. The molecule has 1 fully saturated rings. The summed E-state index contributed by atoms with van der Waals surface area (Å²) >= 11 is 0. The van der Waals surface area contributed by atoms with Crippen LogP contribution in [0.3, 0.4) is 0 Å². The summed E-state index contributed by atoms with van der Waals surface area (Å²) in [6.45, 7) is 10.5. The first-order valence-corrected chi connectivity index (χ1v) is 13.2. The molecule has 1 N–H and O–H groups in total. The minimum atomic E-state index is -0.656. The molecule has 0 aliphatic carbocycles. The van der Waals surface area contributed by atoms with Gasteiger partial charge in [-0.2, -0.15) is 0 Å². The van der Waals surface area contributed by atoms with E-state index in [1.165, 1.54) is 29.2 Å². The van der Waals surface area contributed by atoms with E-state index in [0.717, 1.165) is 11.1 Å². The second kappa shape index (κ2) is 12.7. The van der Waals surface area contributed by atoms with Gasteiger partial charge < -0.3 is 15.0 Å². The predicted octanol–water partition coefficient (Wildman–Crippen LogP) is 4.05. The highest BCUT2D eigenvalue weighted by atomic mass is 19.1. The van der Waals surface area contributed by atoms with Gasteiger partial charge in [0, 0.05) is 50.5 Å². The van der Waals surface area contributed by atoms with Gasteiger partial charge in [-0.15, -0.1) is 6.58 Å². The molecule has 2 heterocycles. The predicted molar refractivity (Wildman–Crippen MR) is 146 cm³/mol. The van der Waals surface area contributed by atoms with Gasteiger partial charge in [-0.3, -0.25) is 14.6 Å². The first kappa shape index (κ1) is 28.0. The molecule has 39 heavy (non-hydrogen) atoms. The molecule has 2 aromatic rings. The Bertz CT molecular complexity index is 1260. The lowest BCUT2D eigenvalue weighted by atomic mass is 9.93. The lowest BCUT2D eigenvalue weighted by Gasteiger charge is -2.38. The molecule has 0 spiro atoms. The molecule has 8 nitrogen and oxygen atoms in total. The Labute approximate surface area is 228 Å². The molecule has 1 atom stereocenters. The van der Waals surface area contributed by atoms with E-state index >= 15 is 0 Å². The third-order valence-corrected chi connectivity index (χ3v) is 6.96. The van der Waals surface area contributed by atoms with E-state index < -0.39 is 12.0 Å². The summed E-state index contributed by atoms with van der Waals surface area (Å²) in [4.78, 5) is 45.2. The summed E-state index contributed by atoms with van der Waals surface area (Å²) in [7, 11) is 0. The Morgan fingerprint density at radius 3 is 2.59 bits per heavy atom. The zero-order valence-corrected chi connectivity index (χ0v) is 22.5. The van der Waals surface area contributed by atoms with Crippen molar-refractivity contribution < 1.29 is 23.5 Å². The maximum absolute atomic E-state index is 13.4. The largest absolute Gasteiger partial charge is 0.463 e. The Morgan fingerprint density at radius 1 is 1.13 bits per heavy atom. The molecule has 4 rings (SSSR count). The van der Waals surface area contributed by atoms with Crippen molar-refractivity contribution in [2.24, 2.45) is 0 Å². The SMILES string of the molecule is C=CCN1C(=O)NC(c2cccc(C)c2)C(C(=O)OCC)=C1CN1CCCN(C(=O)c2ccc(F)cc2)CC1. The van der Waals surface area contributed by atoms with Crippen LogP contribution < -0.4 is 5.32 Å². The van der Waals surface area contributed by atoms with E-state index in [1.807, 2.05) is 31.2 Å². The van der Waals surface area contributed by atoms with Crippen LogP contribution in [0.5, 0.6) is 0 Å². The lowest BCUT2D eigenvalue weighted by molar-refractivity contribution is -0.139. The Kier molecular flexibility index (Phi) is 9.14. The van der Waals surface area contributed by atoms with E-state index in [1.54, 1.807) is 17.9 Å². The minimum absolute atomic E-state index is 0.145. The molecule has 1 saturated heterocycles. The number of amides is 3. The van der Waals surface area contributed by atoms with Crippen molar-refractivity contribution >= 4 is 17.9 Å². The van der Waals surface area contributed by atoms with Gasteiger partial charge in [0.1, 0.15) is 5.82 Å². The zero-order chi connectivity index (χ0) is 27.9. The fourth-order valence-corrected chi connectivity index (χ4v) is 5.06. The highest BCUT2D eigenvalue weighted by molar-refractivity contribution is 5.95. The average Bonchev–Trinajstić information content (AvgIpc) is 3.16. The smallest absolute Gasteiger partial charge is 0.338 e. The van der Waals surface area contributed by atoms with Crippen molar-refractivity contribution in [2.75, 3.05) is 45.9 Å². The van der Waals surface area contributed by atoms with Gasteiger partial charge >= 0.3 is 12.0 Å². The second-order valence-electron chi connectivity index (χ2n) is 9.71. The maximum Gasteiger partial charge on any atom is 0.338 e. The van der Waals surface area contributed by atoms with Crippen LogP contribution in [0.1, 0.15) is 40.9 Å². The molecule has 1 unspecified atom stereocenters. The van der Waals surface area contributed by atoms with Gasteiger partial charge in [0.05, 0.1) is 18.2 Å². The number of hydrogen-bond donors (Lipinski definition) is 1. The number of carbonyl (C=O) groups excluding carboxylic acids is 3. The van der Waals surface area contributed by atoms with Crippen LogP contribution in [-0.4, -0.2) is 78.5 Å². The van der Waals surface area contributed by atoms with Crippen LogP contribution >= 0.6 is 0 Å². The van der Waals surface area contributed by atoms with Crippen LogP contribution in [0.15, 0.2) is 72.5 Å². The number of halogens is 1. The van der Waals surface area contributed by atoms with Gasteiger partial charge in [-0.1, -0.05) is 35.9 Å². The standard InChI is InChI=1S/C30H35FN4O4/c1-4-14-35-25(20-33-15-7-16-34(18-17-33)28(36)22-10-12-24(31)13-11-22)26(29(37)39-5-2)27(32-30(35)38)23-9-6-8-21(3)19-23/h4,6,8-13,19,27H,1,5,7,14-18,20H2,2-3H3,(H,32,38). The monoisotopic (exact) mass is 534 g/mol. The molecule has 3 amide bonds. The first-order valence-electron chi connectivity index (χ1n) is 13.2. The number of urea groups is 1. The summed E-state index contributed by atoms with van der Waals surface area (Å²) in [5.41, 5.74) is 3.22. The number of aryl methyl sites for hydroxylation is 1. The van der Waals surface area contributed by atoms with E-state index in [4.69, 9.17) is 4.74 Å². The third-order valence-electron chi connectivity index (χ3n) is 6.96. The third kappa shape index (κ3) is 6.54. The van der Waals surface area contributed by atoms with Gasteiger partial charge in [0.15, 0.2) is 0 Å². The Balaban J connectivity index is 1.64. The van der Waals surface area contributed by atoms with E-state index in [0.29, 0.717) is 56.0 Å². The van der Waals surface area contributed by atoms with Gasteiger partial charge in [0.2, 0.25) is 0 Å². The molecule has 0 saturated carbocycles. The van der Waals surface area contributed by atoms with Crippen LogP contribution in [0, 0.1) is 12.7 Å². The number of nitrogens with one attached hydrogen (secondary N) is 1. The summed E-state index contributed by atoms with van der Waals surface area (Å²) < 4.78 is 18.8. The molecular weight excluding hydrogens is 499 g/mol. The zero-order valence-electron chi connectivity index (χ0n) is 22.5. The number of benzene rings is 2. The Morgan fingerprint density at radius 2 is 1.90 bits per heavy atom. The highest BCUT2D eigenvalue weighted by Gasteiger charge is 2.38. The first-order chi connectivity index (χ1) is 18.8. The van der Waals surface area contributed by atoms with Crippen molar-refractivity contribution in [3.63, 3.8) is 0 Å². The molecule has 9 heteroatoms. The fourth-order valence-electron chi connectivity index (χ4n) is 5.06. The number of carbonyl (C=O) groups is 3. The lowest BCUT2D eigenvalue weighted by Crippen LogP contribution is -2.51. The molecular formula is C30H35FN4O4. The maximum atomic E-state index is 13.4. The number of rotatable bonds is 8. The summed E-state index contributed by atoms with van der Waals surface area (Å²) in [6.07, 6.45) is 2.34. The fraction of sp³-hybridized carbons (Fsp3) is 0.367. The molecule has 2 aliphatic rings. The van der Waals surface area contributed by atoms with Gasteiger partial charge in [-0.05, 0) is 50.1 Å².